The van der Waals surface area contributed by atoms with Crippen LogP contribution in [0.15, 0.2) is 58.3 Å². The molecule has 2 aromatic heterocycles. The minimum Gasteiger partial charge on any atom is -0.481 e. The molecule has 1 N–H and O–H groups in total. The van der Waals surface area contributed by atoms with Crippen LogP contribution in [0.5, 0.6) is 0 Å². The number of pyridine rings is 1. The van der Waals surface area contributed by atoms with Gasteiger partial charge in [0.15, 0.2) is 0 Å². The van der Waals surface area contributed by atoms with Crippen molar-refractivity contribution in [3.8, 4) is 5.69 Å². The van der Waals surface area contributed by atoms with Gasteiger partial charge >= 0.3 is 5.97 Å². The van der Waals surface area contributed by atoms with Crippen LogP contribution in [0.25, 0.3) is 5.69 Å². The lowest BCUT2D eigenvalue weighted by atomic mass is 10.0. The first-order chi connectivity index (χ1) is 13.5. The largest absolute Gasteiger partial charge is 0.481 e. The van der Waals surface area contributed by atoms with Crippen molar-refractivity contribution in [2.45, 2.75) is 26.3 Å². The van der Waals surface area contributed by atoms with Crippen molar-refractivity contribution in [3.63, 3.8) is 0 Å². The number of nitrogens with zero attached hydrogens (tertiary/aromatic N) is 4. The fourth-order valence-corrected chi connectivity index (χ4v) is 3.84. The maximum atomic E-state index is 11.5. The standard InChI is InChI=1S/C21H19BrN4O2/c1-12(21(27)28)9-17-20-24-11-13(2)26(20)18-7-6-14(22)10-15(18)19(25-17)16-5-3-4-8-23-16/h3-8,10-12,17H,9H2,1-2H3,(H,27,28)/t12?,17-/m0/s1. The molecule has 0 radical (unpaired) electrons. The molecule has 3 heterocycles. The van der Waals surface area contributed by atoms with E-state index in [4.69, 9.17) is 4.99 Å². The first-order valence-electron chi connectivity index (χ1n) is 9.02. The molecule has 1 aliphatic heterocycles. The van der Waals surface area contributed by atoms with Gasteiger partial charge < -0.3 is 5.11 Å². The van der Waals surface area contributed by atoms with Gasteiger partial charge in [0, 0.05) is 28.1 Å². The Kier molecular flexibility index (Phi) is 4.85. The Hall–Kier alpha value is -2.80. The van der Waals surface area contributed by atoms with Crippen molar-refractivity contribution in [1.29, 1.82) is 0 Å². The zero-order chi connectivity index (χ0) is 19.8. The van der Waals surface area contributed by atoms with Crippen LogP contribution in [0, 0.1) is 12.8 Å². The molecule has 0 aliphatic carbocycles. The number of halogens is 1. The van der Waals surface area contributed by atoms with Crippen LogP contribution in [0.1, 0.15) is 42.2 Å². The highest BCUT2D eigenvalue weighted by molar-refractivity contribution is 9.10. The number of aryl methyl sites for hydroxylation is 1. The Balaban J connectivity index is 1.98. The van der Waals surface area contributed by atoms with Crippen LogP contribution < -0.4 is 0 Å². The first kappa shape index (κ1) is 18.6. The zero-order valence-electron chi connectivity index (χ0n) is 15.5. The van der Waals surface area contributed by atoms with Crippen molar-refractivity contribution < 1.29 is 9.90 Å². The minimum absolute atomic E-state index is 0.358. The van der Waals surface area contributed by atoms with Gasteiger partial charge in [0.05, 0.1) is 23.0 Å². The number of carboxylic acids is 1. The molecule has 4 rings (SSSR count). The molecule has 0 saturated carbocycles. The third kappa shape index (κ3) is 3.26. The predicted molar refractivity (Wildman–Crippen MR) is 110 cm³/mol. The Morgan fingerprint density at radius 2 is 2.11 bits per heavy atom. The number of rotatable bonds is 4. The monoisotopic (exact) mass is 438 g/mol. The van der Waals surface area contributed by atoms with Gasteiger partial charge in [-0.15, -0.1) is 0 Å². The average Bonchev–Trinajstić information content (AvgIpc) is 3.00. The highest BCUT2D eigenvalue weighted by Crippen LogP contribution is 2.35. The van der Waals surface area contributed by atoms with Crippen LogP contribution in [0.4, 0.5) is 0 Å². The summed E-state index contributed by atoms with van der Waals surface area (Å²) in [7, 11) is 0. The summed E-state index contributed by atoms with van der Waals surface area (Å²) >= 11 is 3.56. The quantitative estimate of drug-likeness (QED) is 0.656. The van der Waals surface area contributed by atoms with Gasteiger partial charge in [0.1, 0.15) is 11.9 Å². The number of carbonyl (C=O) groups is 1. The molecule has 0 amide bonds. The smallest absolute Gasteiger partial charge is 0.306 e. The summed E-state index contributed by atoms with van der Waals surface area (Å²) in [6.45, 7) is 3.69. The van der Waals surface area contributed by atoms with Crippen molar-refractivity contribution >= 4 is 27.6 Å². The number of imidazole rings is 1. The second kappa shape index (κ2) is 7.31. The molecule has 0 bridgehead atoms. The molecule has 0 spiro atoms. The molecule has 2 atom stereocenters. The molecule has 28 heavy (non-hydrogen) atoms. The molecule has 7 heteroatoms. The van der Waals surface area contributed by atoms with Crippen molar-refractivity contribution in [1.82, 2.24) is 14.5 Å². The Bertz CT molecular complexity index is 1080. The summed E-state index contributed by atoms with van der Waals surface area (Å²) in [6, 6.07) is 11.4. The van der Waals surface area contributed by atoms with Crippen LogP contribution in [-0.2, 0) is 4.79 Å². The number of carboxylic acid groups (broad SMARTS) is 1. The Morgan fingerprint density at radius 3 is 2.82 bits per heavy atom. The van der Waals surface area contributed by atoms with E-state index in [0.717, 1.165) is 38.6 Å². The van der Waals surface area contributed by atoms with Crippen LogP contribution in [-0.4, -0.2) is 31.3 Å². The summed E-state index contributed by atoms with van der Waals surface area (Å²) in [5.74, 6) is -0.633. The van der Waals surface area contributed by atoms with E-state index in [0.29, 0.717) is 6.42 Å². The molecule has 0 fully saturated rings. The fourth-order valence-electron chi connectivity index (χ4n) is 3.48. The zero-order valence-corrected chi connectivity index (χ0v) is 17.1. The van der Waals surface area contributed by atoms with E-state index in [1.165, 1.54) is 0 Å². The van der Waals surface area contributed by atoms with E-state index in [-0.39, 0.29) is 6.04 Å². The number of aliphatic imine (C=N–C) groups is 1. The topological polar surface area (TPSA) is 80.4 Å². The summed E-state index contributed by atoms with van der Waals surface area (Å²) in [6.07, 6.45) is 3.90. The van der Waals surface area contributed by atoms with E-state index in [2.05, 4.69) is 30.5 Å². The fraction of sp³-hybridized carbons (Fsp3) is 0.238. The maximum absolute atomic E-state index is 11.5. The number of benzene rings is 1. The molecule has 1 aliphatic rings. The van der Waals surface area contributed by atoms with Gasteiger partial charge in [-0.3, -0.25) is 19.3 Å². The van der Waals surface area contributed by atoms with Crippen molar-refractivity contribution in [3.05, 3.63) is 76.0 Å². The van der Waals surface area contributed by atoms with Crippen LogP contribution >= 0.6 is 15.9 Å². The van der Waals surface area contributed by atoms with Crippen LogP contribution in [0.2, 0.25) is 0 Å². The second-order valence-electron chi connectivity index (χ2n) is 6.94. The summed E-state index contributed by atoms with van der Waals surface area (Å²) in [5, 5.41) is 9.43. The van der Waals surface area contributed by atoms with Crippen molar-refractivity contribution in [2.24, 2.45) is 10.9 Å². The van der Waals surface area contributed by atoms with Gasteiger partial charge in [0.25, 0.3) is 0 Å². The maximum Gasteiger partial charge on any atom is 0.306 e. The summed E-state index contributed by atoms with van der Waals surface area (Å²) < 4.78 is 3.01. The molecule has 142 valence electrons. The predicted octanol–water partition coefficient (Wildman–Crippen LogP) is 4.34. The Morgan fingerprint density at radius 1 is 1.29 bits per heavy atom. The number of aliphatic carboxylic acids is 1. The van der Waals surface area contributed by atoms with Gasteiger partial charge in [0.2, 0.25) is 0 Å². The van der Waals surface area contributed by atoms with Gasteiger partial charge in [-0.2, -0.15) is 0 Å². The number of hydrogen-bond acceptors (Lipinski definition) is 4. The Labute approximate surface area is 171 Å². The van der Waals surface area contributed by atoms with Crippen molar-refractivity contribution in [2.75, 3.05) is 0 Å². The van der Waals surface area contributed by atoms with E-state index < -0.39 is 11.9 Å². The van der Waals surface area contributed by atoms with Gasteiger partial charge in [-0.1, -0.05) is 28.9 Å². The molecule has 3 aromatic rings. The normalized spacial score (nSPS) is 16.5. The lowest BCUT2D eigenvalue weighted by Crippen LogP contribution is -2.15. The lowest BCUT2D eigenvalue weighted by molar-refractivity contribution is -0.141. The van der Waals surface area contributed by atoms with Gasteiger partial charge in [-0.05, 0) is 43.7 Å². The molecular weight excluding hydrogens is 420 g/mol. The highest BCUT2D eigenvalue weighted by Gasteiger charge is 2.30. The average molecular weight is 439 g/mol. The molecule has 0 saturated heterocycles. The molecular formula is C21H19BrN4O2. The minimum atomic E-state index is -0.839. The summed E-state index contributed by atoms with van der Waals surface area (Å²) in [4.78, 5) is 25.6. The third-order valence-corrected chi connectivity index (χ3v) is 5.40. The van der Waals surface area contributed by atoms with E-state index in [9.17, 15) is 9.90 Å². The van der Waals surface area contributed by atoms with E-state index in [1.807, 2.05) is 43.3 Å². The third-order valence-electron chi connectivity index (χ3n) is 4.91. The number of aromatic nitrogens is 3. The first-order valence-corrected chi connectivity index (χ1v) is 9.81. The van der Waals surface area contributed by atoms with E-state index in [1.54, 1.807) is 19.3 Å². The molecule has 1 unspecified atom stereocenters. The van der Waals surface area contributed by atoms with Gasteiger partial charge in [-0.25, -0.2) is 4.98 Å². The molecule has 6 nitrogen and oxygen atoms in total. The second-order valence-corrected chi connectivity index (χ2v) is 7.85. The number of fused-ring (bicyclic) bond motifs is 3. The number of hydrogen-bond donors (Lipinski definition) is 1. The van der Waals surface area contributed by atoms with Crippen LogP contribution in [0.3, 0.4) is 0 Å². The summed E-state index contributed by atoms with van der Waals surface area (Å²) in [5.41, 5.74) is 4.36. The molecule has 1 aromatic carbocycles. The lowest BCUT2D eigenvalue weighted by Gasteiger charge is -2.16. The SMILES string of the molecule is Cc1cnc2n1-c1ccc(Br)cc1C(c1ccccn1)=N[C@H]2CC(C)C(=O)O. The van der Waals surface area contributed by atoms with E-state index >= 15 is 0 Å². The highest BCUT2D eigenvalue weighted by atomic mass is 79.9.